The van der Waals surface area contributed by atoms with Crippen LogP contribution in [-0.2, 0) is 12.8 Å². The van der Waals surface area contributed by atoms with E-state index in [1.165, 1.54) is 6.08 Å². The number of ketones is 1. The molecule has 2 aromatic carbocycles. The summed E-state index contributed by atoms with van der Waals surface area (Å²) in [4.78, 5) is 12.5. The number of carbonyl (C=O) groups is 1. The molecule has 0 aromatic heterocycles. The zero-order valence-corrected chi connectivity index (χ0v) is 15.8. The molecular weight excluding hydrogens is 338 g/mol. The van der Waals surface area contributed by atoms with Gasteiger partial charge in [0.15, 0.2) is 5.78 Å². The first kappa shape index (κ1) is 20.0. The molecule has 2 rings (SSSR count). The molecule has 0 fully saturated rings. The number of aromatic hydroxyl groups is 1. The number of allylic oxidation sites excluding steroid dienone is 3. The molecule has 0 spiro atoms. The Balaban J connectivity index is 2.42. The van der Waals surface area contributed by atoms with E-state index in [-0.39, 0.29) is 11.5 Å². The van der Waals surface area contributed by atoms with Crippen LogP contribution in [0.15, 0.2) is 61.7 Å². The minimum Gasteiger partial charge on any atom is -0.507 e. The van der Waals surface area contributed by atoms with Crippen LogP contribution in [-0.4, -0.2) is 25.0 Å². The number of hydrogen-bond donors (Lipinski definition) is 2. The lowest BCUT2D eigenvalue weighted by Gasteiger charge is -2.15. The molecule has 0 atom stereocenters. The van der Waals surface area contributed by atoms with Crippen LogP contribution >= 0.6 is 0 Å². The summed E-state index contributed by atoms with van der Waals surface area (Å²) in [6.07, 6.45) is 7.63. The van der Waals surface area contributed by atoms with Crippen molar-refractivity contribution in [3.63, 3.8) is 0 Å². The normalized spacial score (nSPS) is 10.6. The molecule has 0 unspecified atom stereocenters. The summed E-state index contributed by atoms with van der Waals surface area (Å²) in [6, 6.07) is 9.08. The van der Waals surface area contributed by atoms with E-state index in [1.807, 2.05) is 25.2 Å². The van der Waals surface area contributed by atoms with Crippen molar-refractivity contribution in [2.75, 3.05) is 19.5 Å². The Labute approximate surface area is 160 Å². The maximum absolute atomic E-state index is 12.5. The van der Waals surface area contributed by atoms with Crippen molar-refractivity contribution in [2.45, 2.75) is 12.8 Å². The van der Waals surface area contributed by atoms with Gasteiger partial charge in [-0.15, -0.1) is 13.2 Å². The molecule has 0 aliphatic rings. The highest BCUT2D eigenvalue weighted by molar-refractivity contribution is 6.07. The van der Waals surface area contributed by atoms with Crippen molar-refractivity contribution < 1.29 is 14.6 Å². The Morgan fingerprint density at radius 1 is 1.19 bits per heavy atom. The number of rotatable bonds is 9. The van der Waals surface area contributed by atoms with Crippen LogP contribution in [0.2, 0.25) is 0 Å². The Hall–Kier alpha value is -3.27. The first-order chi connectivity index (χ1) is 13.0. The van der Waals surface area contributed by atoms with Gasteiger partial charge < -0.3 is 15.2 Å². The molecule has 0 amide bonds. The first-order valence-corrected chi connectivity index (χ1v) is 8.69. The summed E-state index contributed by atoms with van der Waals surface area (Å²) in [7, 11) is 3.37. The highest BCUT2D eigenvalue weighted by Gasteiger charge is 2.16. The number of benzene rings is 2. The summed E-state index contributed by atoms with van der Waals surface area (Å²) in [5.74, 6) is 0.607. The van der Waals surface area contributed by atoms with Gasteiger partial charge in [-0.05, 0) is 60.9 Å². The van der Waals surface area contributed by atoms with Gasteiger partial charge in [0.1, 0.15) is 11.5 Å². The Morgan fingerprint density at radius 3 is 2.41 bits per heavy atom. The molecule has 0 radical (unpaired) electrons. The van der Waals surface area contributed by atoms with Crippen LogP contribution < -0.4 is 10.1 Å². The summed E-state index contributed by atoms with van der Waals surface area (Å²) in [6.45, 7) is 7.47. The summed E-state index contributed by atoms with van der Waals surface area (Å²) in [5.41, 5.74) is 3.65. The molecule has 2 N–H and O–H groups in total. The molecule has 0 bridgehead atoms. The molecule has 0 aliphatic carbocycles. The molecule has 0 saturated carbocycles. The van der Waals surface area contributed by atoms with Crippen LogP contribution in [0.4, 0.5) is 5.69 Å². The zero-order chi connectivity index (χ0) is 19.8. The zero-order valence-electron chi connectivity index (χ0n) is 15.8. The van der Waals surface area contributed by atoms with E-state index >= 15 is 0 Å². The molecule has 0 saturated heterocycles. The lowest BCUT2D eigenvalue weighted by molar-refractivity contribution is 0.104. The monoisotopic (exact) mass is 363 g/mol. The van der Waals surface area contributed by atoms with Gasteiger partial charge in [-0.1, -0.05) is 12.2 Å². The van der Waals surface area contributed by atoms with Gasteiger partial charge in [0, 0.05) is 29.4 Å². The van der Waals surface area contributed by atoms with Crippen molar-refractivity contribution in [3.05, 3.63) is 84.0 Å². The summed E-state index contributed by atoms with van der Waals surface area (Å²) in [5, 5.41) is 13.5. The largest absolute Gasteiger partial charge is 0.507 e. The fourth-order valence-corrected chi connectivity index (χ4v) is 2.87. The number of phenolic OH excluding ortho intramolecular Hbond substituents is 1. The lowest BCUT2D eigenvalue weighted by Crippen LogP contribution is -1.99. The molecule has 140 valence electrons. The Bertz CT molecular complexity index is 864. The maximum Gasteiger partial charge on any atom is 0.185 e. The van der Waals surface area contributed by atoms with E-state index in [2.05, 4.69) is 18.5 Å². The predicted octanol–water partition coefficient (Wildman–Crippen LogP) is 4.80. The van der Waals surface area contributed by atoms with Crippen LogP contribution in [0.5, 0.6) is 11.5 Å². The number of anilines is 1. The van der Waals surface area contributed by atoms with Gasteiger partial charge in [-0.3, -0.25) is 4.79 Å². The third-order valence-electron chi connectivity index (χ3n) is 4.25. The second-order valence-electron chi connectivity index (χ2n) is 6.00. The second-order valence-corrected chi connectivity index (χ2v) is 6.00. The van der Waals surface area contributed by atoms with Crippen molar-refractivity contribution in [3.8, 4) is 11.5 Å². The van der Waals surface area contributed by atoms with Gasteiger partial charge in [0.05, 0.1) is 7.11 Å². The number of nitrogens with one attached hydrogen (secondary N) is 1. The van der Waals surface area contributed by atoms with Gasteiger partial charge in [-0.25, -0.2) is 0 Å². The van der Waals surface area contributed by atoms with Crippen LogP contribution in [0.25, 0.3) is 6.08 Å². The van der Waals surface area contributed by atoms with Gasteiger partial charge in [0.2, 0.25) is 0 Å². The van der Waals surface area contributed by atoms with E-state index in [4.69, 9.17) is 4.74 Å². The maximum atomic E-state index is 12.5. The summed E-state index contributed by atoms with van der Waals surface area (Å²) >= 11 is 0. The molecular formula is C23H25NO3. The molecule has 0 heterocycles. The molecule has 4 nitrogen and oxygen atoms in total. The minimum absolute atomic E-state index is 0.108. The number of phenols is 1. The fourth-order valence-electron chi connectivity index (χ4n) is 2.87. The standard InChI is InChI=1S/C23H25NO3/c1-5-7-17-15-18(23(27-4)20(8-6-2)22(17)26)11-14-21(25)16-9-12-19(24-3)13-10-16/h5-6,9-15,24,26H,1-2,7-8H2,3-4H3. The fraction of sp³-hybridized carbons (Fsp3) is 0.174. The third-order valence-corrected chi connectivity index (χ3v) is 4.25. The molecule has 4 heteroatoms. The highest BCUT2D eigenvalue weighted by atomic mass is 16.5. The van der Waals surface area contributed by atoms with Gasteiger partial charge in [0.25, 0.3) is 0 Å². The van der Waals surface area contributed by atoms with E-state index in [0.29, 0.717) is 29.7 Å². The Kier molecular flexibility index (Phi) is 7.00. The molecule has 27 heavy (non-hydrogen) atoms. The van der Waals surface area contributed by atoms with E-state index < -0.39 is 0 Å². The van der Waals surface area contributed by atoms with Gasteiger partial charge >= 0.3 is 0 Å². The van der Waals surface area contributed by atoms with E-state index in [0.717, 1.165) is 16.8 Å². The minimum atomic E-state index is -0.108. The highest BCUT2D eigenvalue weighted by Crippen LogP contribution is 2.37. The van der Waals surface area contributed by atoms with Crippen molar-refractivity contribution >= 4 is 17.5 Å². The average molecular weight is 363 g/mol. The number of carbonyl (C=O) groups excluding carboxylic acids is 1. The topological polar surface area (TPSA) is 58.6 Å². The smallest absolute Gasteiger partial charge is 0.185 e. The number of hydrogen-bond acceptors (Lipinski definition) is 4. The average Bonchev–Trinajstić information content (AvgIpc) is 2.69. The number of ether oxygens (including phenoxy) is 1. The van der Waals surface area contributed by atoms with Crippen molar-refractivity contribution in [1.29, 1.82) is 0 Å². The van der Waals surface area contributed by atoms with Crippen LogP contribution in [0.3, 0.4) is 0 Å². The van der Waals surface area contributed by atoms with E-state index in [1.54, 1.807) is 37.5 Å². The van der Waals surface area contributed by atoms with E-state index in [9.17, 15) is 9.90 Å². The Morgan fingerprint density at radius 2 is 1.85 bits per heavy atom. The third kappa shape index (κ3) is 4.67. The quantitative estimate of drug-likeness (QED) is 0.382. The second kappa shape index (κ2) is 9.43. The predicted molar refractivity (Wildman–Crippen MR) is 112 cm³/mol. The SMILES string of the molecule is C=CCc1cc(C=CC(=O)c2ccc(NC)cc2)c(OC)c(CC=C)c1O. The van der Waals surface area contributed by atoms with Crippen molar-refractivity contribution in [2.24, 2.45) is 0 Å². The van der Waals surface area contributed by atoms with Crippen LogP contribution in [0, 0.1) is 0 Å². The van der Waals surface area contributed by atoms with Crippen molar-refractivity contribution in [1.82, 2.24) is 0 Å². The lowest BCUT2D eigenvalue weighted by atomic mass is 9.97. The van der Waals surface area contributed by atoms with Crippen LogP contribution in [0.1, 0.15) is 27.0 Å². The first-order valence-electron chi connectivity index (χ1n) is 8.69. The van der Waals surface area contributed by atoms with Gasteiger partial charge in [-0.2, -0.15) is 0 Å². The summed E-state index contributed by atoms with van der Waals surface area (Å²) < 4.78 is 5.51. The molecule has 0 aliphatic heterocycles. The molecule has 2 aromatic rings. The number of methoxy groups -OCH3 is 1.